The summed E-state index contributed by atoms with van der Waals surface area (Å²) >= 11 is 0. The number of anilines is 1. The second kappa shape index (κ2) is 12.3. The van der Waals surface area contributed by atoms with Crippen molar-refractivity contribution in [3.63, 3.8) is 0 Å². The van der Waals surface area contributed by atoms with E-state index in [1.807, 2.05) is 19.1 Å². The number of nitrogen functional groups attached to an aromatic ring is 1. The molecular formula is C31H31F3N6O3. The van der Waals surface area contributed by atoms with Gasteiger partial charge in [0.25, 0.3) is 11.8 Å². The zero-order chi connectivity index (χ0) is 30.7. The van der Waals surface area contributed by atoms with Crippen LogP contribution in [0.1, 0.15) is 58.1 Å². The van der Waals surface area contributed by atoms with Gasteiger partial charge >= 0.3 is 6.18 Å². The van der Waals surface area contributed by atoms with Crippen LogP contribution in [0.25, 0.3) is 6.08 Å². The van der Waals surface area contributed by atoms with Crippen LogP contribution in [0.2, 0.25) is 0 Å². The van der Waals surface area contributed by atoms with E-state index in [-0.39, 0.29) is 37.2 Å². The fourth-order valence-corrected chi connectivity index (χ4v) is 4.95. The lowest BCUT2D eigenvalue weighted by atomic mass is 10.0. The number of nitrogens with two attached hydrogens (primary N) is 2. The van der Waals surface area contributed by atoms with Gasteiger partial charge in [0, 0.05) is 66.8 Å². The molecule has 0 atom stereocenters. The van der Waals surface area contributed by atoms with Gasteiger partial charge in [-0.05, 0) is 54.0 Å². The van der Waals surface area contributed by atoms with Crippen LogP contribution >= 0.6 is 0 Å². The predicted octanol–water partition coefficient (Wildman–Crippen LogP) is 5.03. The van der Waals surface area contributed by atoms with Crippen LogP contribution in [0.3, 0.4) is 0 Å². The minimum absolute atomic E-state index is 0.00968. The lowest BCUT2D eigenvalue weighted by Gasteiger charge is -2.29. The van der Waals surface area contributed by atoms with E-state index in [1.54, 1.807) is 36.4 Å². The van der Waals surface area contributed by atoms with E-state index in [4.69, 9.17) is 16.3 Å². The van der Waals surface area contributed by atoms with Gasteiger partial charge in [-0.1, -0.05) is 25.1 Å². The van der Waals surface area contributed by atoms with Crippen molar-refractivity contribution >= 4 is 35.1 Å². The molecule has 0 radical (unpaired) electrons. The minimum atomic E-state index is -4.52. The molecule has 43 heavy (non-hydrogen) atoms. The van der Waals surface area contributed by atoms with Gasteiger partial charge < -0.3 is 16.4 Å². The quantitative estimate of drug-likeness (QED) is 0.293. The van der Waals surface area contributed by atoms with E-state index >= 15 is 0 Å². The van der Waals surface area contributed by atoms with Crippen molar-refractivity contribution in [2.24, 2.45) is 10.7 Å². The lowest BCUT2D eigenvalue weighted by Crippen LogP contribution is -2.36. The predicted molar refractivity (Wildman–Crippen MR) is 156 cm³/mol. The Hall–Kier alpha value is -4.71. The number of rotatable bonds is 7. The van der Waals surface area contributed by atoms with Crippen LogP contribution in [-0.4, -0.2) is 45.7 Å². The molecule has 2 aliphatic heterocycles. The van der Waals surface area contributed by atoms with Gasteiger partial charge in [-0.2, -0.15) is 13.2 Å². The highest BCUT2D eigenvalue weighted by Crippen LogP contribution is 2.32. The van der Waals surface area contributed by atoms with Crippen LogP contribution < -0.4 is 11.5 Å². The number of alkyl halides is 3. The fraction of sp³-hybridized carbons (Fsp3) is 0.290. The van der Waals surface area contributed by atoms with Crippen molar-refractivity contribution in [3.05, 3.63) is 93.8 Å². The number of amidine groups is 1. The number of hydrogen-bond acceptors (Lipinski definition) is 7. The standard InChI is InChI=1S/C31H31F3N6O3/c1-2-10-40(43-18-19-3-7-25(35)8-4-19)30(42)22-12-20-5-6-21(14-27(20)38-28(36)15-22)29(41)39-11-9-26-23(17-39)13-24(16-37-26)31(32,33)34/h3-8,12-14,16H,2,9-11,15,17-18,35H2,1H3,(H2,36,38). The highest BCUT2D eigenvalue weighted by atomic mass is 19.4. The summed E-state index contributed by atoms with van der Waals surface area (Å²) in [5, 5.41) is 1.31. The number of aliphatic imine (C=N–C) groups is 1. The van der Waals surface area contributed by atoms with Gasteiger partial charge in [-0.15, -0.1) is 0 Å². The summed E-state index contributed by atoms with van der Waals surface area (Å²) in [5.41, 5.74) is 15.2. The molecular weight excluding hydrogens is 561 g/mol. The molecule has 4 N–H and O–H groups in total. The Balaban J connectivity index is 1.34. The lowest BCUT2D eigenvalue weighted by molar-refractivity contribution is -0.187. The molecule has 2 aliphatic rings. The average molecular weight is 593 g/mol. The molecule has 9 nitrogen and oxygen atoms in total. The first-order chi connectivity index (χ1) is 20.5. The molecule has 0 unspecified atom stereocenters. The summed E-state index contributed by atoms with van der Waals surface area (Å²) in [7, 11) is 0. The molecule has 0 saturated heterocycles. The fourth-order valence-electron chi connectivity index (χ4n) is 4.95. The highest BCUT2D eigenvalue weighted by Gasteiger charge is 2.33. The Morgan fingerprint density at radius 3 is 2.58 bits per heavy atom. The molecule has 2 aromatic carbocycles. The normalized spacial score (nSPS) is 14.7. The number of fused-ring (bicyclic) bond motifs is 2. The number of nitrogens with zero attached hydrogens (tertiary/aromatic N) is 4. The van der Waals surface area contributed by atoms with Crippen molar-refractivity contribution in [1.82, 2.24) is 14.9 Å². The maximum Gasteiger partial charge on any atom is 0.417 e. The van der Waals surface area contributed by atoms with E-state index in [0.717, 1.165) is 17.8 Å². The average Bonchev–Trinajstić information content (AvgIpc) is 3.15. The molecule has 12 heteroatoms. The minimum Gasteiger partial charge on any atom is -0.399 e. The van der Waals surface area contributed by atoms with Crippen LogP contribution in [0.4, 0.5) is 24.5 Å². The summed E-state index contributed by atoms with van der Waals surface area (Å²) < 4.78 is 39.6. The van der Waals surface area contributed by atoms with Gasteiger partial charge in [-0.3, -0.25) is 19.4 Å². The molecule has 224 valence electrons. The van der Waals surface area contributed by atoms with Crippen molar-refractivity contribution in [2.45, 2.75) is 45.5 Å². The van der Waals surface area contributed by atoms with E-state index < -0.39 is 11.7 Å². The maximum absolute atomic E-state index is 13.5. The van der Waals surface area contributed by atoms with Gasteiger partial charge in [0.1, 0.15) is 12.4 Å². The number of aromatic nitrogens is 1. The van der Waals surface area contributed by atoms with Crippen LogP contribution in [0, 0.1) is 0 Å². The summed E-state index contributed by atoms with van der Waals surface area (Å²) in [6, 6.07) is 13.1. The Labute approximate surface area is 246 Å². The summed E-state index contributed by atoms with van der Waals surface area (Å²) in [5.74, 6) is -0.507. The molecule has 3 aromatic rings. The second-order valence-corrected chi connectivity index (χ2v) is 10.4. The molecule has 2 amide bonds. The Kier molecular flexibility index (Phi) is 8.49. The smallest absolute Gasteiger partial charge is 0.399 e. The molecule has 3 heterocycles. The van der Waals surface area contributed by atoms with E-state index in [9.17, 15) is 22.8 Å². The van der Waals surface area contributed by atoms with Crippen molar-refractivity contribution < 1.29 is 27.6 Å². The van der Waals surface area contributed by atoms with E-state index in [1.165, 1.54) is 9.96 Å². The molecule has 5 rings (SSSR count). The Morgan fingerprint density at radius 2 is 1.86 bits per heavy atom. The van der Waals surface area contributed by atoms with Gasteiger partial charge in [0.15, 0.2) is 0 Å². The maximum atomic E-state index is 13.5. The van der Waals surface area contributed by atoms with Crippen LogP contribution in [0.15, 0.2) is 65.3 Å². The first-order valence-corrected chi connectivity index (χ1v) is 13.8. The molecule has 0 fully saturated rings. The molecule has 1 aromatic heterocycles. The van der Waals surface area contributed by atoms with Crippen molar-refractivity contribution in [1.29, 1.82) is 0 Å². The number of halogens is 3. The molecule has 0 bridgehead atoms. The van der Waals surface area contributed by atoms with Crippen LogP contribution in [-0.2, 0) is 35.4 Å². The number of pyridine rings is 1. The van der Waals surface area contributed by atoms with E-state index in [0.29, 0.717) is 65.3 Å². The van der Waals surface area contributed by atoms with Crippen molar-refractivity contribution in [2.75, 3.05) is 18.8 Å². The van der Waals surface area contributed by atoms with Gasteiger partial charge in [0.2, 0.25) is 0 Å². The number of carbonyl (C=O) groups is 2. The third kappa shape index (κ3) is 6.86. The second-order valence-electron chi connectivity index (χ2n) is 10.4. The number of benzene rings is 2. The first-order valence-electron chi connectivity index (χ1n) is 13.8. The zero-order valence-electron chi connectivity index (χ0n) is 23.5. The summed E-state index contributed by atoms with van der Waals surface area (Å²) in [6.45, 7) is 2.80. The highest BCUT2D eigenvalue weighted by molar-refractivity contribution is 6.05. The first kappa shape index (κ1) is 29.8. The zero-order valence-corrected chi connectivity index (χ0v) is 23.5. The number of carbonyl (C=O) groups excluding carboxylic acids is 2. The molecule has 0 spiro atoms. The number of amides is 2. The summed E-state index contributed by atoms with van der Waals surface area (Å²) in [4.78, 5) is 42.7. The van der Waals surface area contributed by atoms with Gasteiger partial charge in [0.05, 0.1) is 11.3 Å². The van der Waals surface area contributed by atoms with Gasteiger partial charge in [-0.25, -0.2) is 10.1 Å². The van der Waals surface area contributed by atoms with Crippen molar-refractivity contribution in [3.8, 4) is 0 Å². The topological polar surface area (TPSA) is 127 Å². The molecule has 0 saturated carbocycles. The van der Waals surface area contributed by atoms with E-state index in [2.05, 4.69) is 9.98 Å². The SMILES string of the molecule is CCCN(OCc1ccc(N)cc1)C(=O)C1=Cc2ccc(C(=O)N3CCc4ncc(C(F)(F)F)cc4C3)cc2N=C(N)C1. The monoisotopic (exact) mass is 592 g/mol. The Bertz CT molecular complexity index is 1600. The number of hydroxylamine groups is 2. The third-order valence-corrected chi connectivity index (χ3v) is 7.19. The van der Waals surface area contributed by atoms with Crippen LogP contribution in [0.5, 0.6) is 0 Å². The largest absolute Gasteiger partial charge is 0.417 e. The molecule has 0 aliphatic carbocycles. The third-order valence-electron chi connectivity index (χ3n) is 7.19. The number of hydrogen-bond donors (Lipinski definition) is 2. The Morgan fingerprint density at radius 1 is 1.09 bits per heavy atom. The summed E-state index contributed by atoms with van der Waals surface area (Å²) in [6.07, 6.45) is -0.913.